The van der Waals surface area contributed by atoms with Crippen molar-refractivity contribution in [2.75, 3.05) is 20.2 Å². The molecule has 1 unspecified atom stereocenters. The van der Waals surface area contributed by atoms with Crippen LogP contribution in [0.2, 0.25) is 0 Å². The van der Waals surface area contributed by atoms with Crippen molar-refractivity contribution in [3.05, 3.63) is 0 Å². The molecule has 0 bridgehead atoms. The number of hydrogen-bond acceptors (Lipinski definition) is 3. The molecule has 17 heavy (non-hydrogen) atoms. The van der Waals surface area contributed by atoms with E-state index in [-0.39, 0.29) is 24.5 Å². The van der Waals surface area contributed by atoms with E-state index in [1.165, 1.54) is 0 Å². The topological polar surface area (TPSA) is 69.6 Å². The summed E-state index contributed by atoms with van der Waals surface area (Å²) in [5.41, 5.74) is 0. The smallest absolute Gasteiger partial charge is 0.242 e. The minimum absolute atomic E-state index is 0.0340. The van der Waals surface area contributed by atoms with Crippen LogP contribution in [0.4, 0.5) is 0 Å². The molecule has 0 radical (unpaired) electrons. The van der Waals surface area contributed by atoms with Gasteiger partial charge in [0.1, 0.15) is 6.04 Å². The summed E-state index contributed by atoms with van der Waals surface area (Å²) in [6.07, 6.45) is 4.48. The minimum Gasteiger partial charge on any atom is -0.396 e. The number of carbonyl (C=O) groups is 2. The monoisotopic (exact) mass is 242 g/mol. The summed E-state index contributed by atoms with van der Waals surface area (Å²) < 4.78 is 0. The van der Waals surface area contributed by atoms with Crippen LogP contribution in [0, 0.1) is 0 Å². The highest BCUT2D eigenvalue weighted by Gasteiger charge is 2.30. The van der Waals surface area contributed by atoms with Crippen LogP contribution in [0.15, 0.2) is 0 Å². The maximum Gasteiger partial charge on any atom is 0.242 e. The number of nitrogens with one attached hydrogen (secondary N) is 1. The molecule has 1 atom stereocenters. The van der Waals surface area contributed by atoms with Gasteiger partial charge in [0.2, 0.25) is 11.8 Å². The molecule has 0 spiro atoms. The number of carbonyl (C=O) groups excluding carboxylic acids is 2. The fourth-order valence-corrected chi connectivity index (χ4v) is 2.20. The van der Waals surface area contributed by atoms with Gasteiger partial charge in [0.25, 0.3) is 0 Å². The number of aliphatic hydroxyl groups excluding tert-OH is 1. The molecule has 0 aromatic carbocycles. The number of nitrogens with zero attached hydrogens (tertiary/aromatic N) is 1. The lowest BCUT2D eigenvalue weighted by Gasteiger charge is -2.34. The molecule has 1 rings (SSSR count). The molecule has 5 heteroatoms. The molecule has 1 aliphatic rings. The van der Waals surface area contributed by atoms with E-state index >= 15 is 0 Å². The normalized spacial score (nSPS) is 20.1. The van der Waals surface area contributed by atoms with Crippen molar-refractivity contribution in [3.63, 3.8) is 0 Å². The van der Waals surface area contributed by atoms with Gasteiger partial charge in [0.15, 0.2) is 0 Å². The molecular weight excluding hydrogens is 220 g/mol. The van der Waals surface area contributed by atoms with Crippen LogP contribution < -0.4 is 5.32 Å². The largest absolute Gasteiger partial charge is 0.396 e. The zero-order chi connectivity index (χ0) is 12.7. The van der Waals surface area contributed by atoms with Crippen molar-refractivity contribution in [1.29, 1.82) is 0 Å². The van der Waals surface area contributed by atoms with Crippen LogP contribution in [0.5, 0.6) is 0 Å². The first-order valence-corrected chi connectivity index (χ1v) is 6.32. The van der Waals surface area contributed by atoms with Gasteiger partial charge in [0, 0.05) is 26.6 Å². The van der Waals surface area contributed by atoms with E-state index in [9.17, 15) is 9.59 Å². The van der Waals surface area contributed by atoms with Gasteiger partial charge >= 0.3 is 0 Å². The number of aliphatic hydroxyl groups is 1. The quantitative estimate of drug-likeness (QED) is 0.680. The van der Waals surface area contributed by atoms with Gasteiger partial charge in [-0.2, -0.15) is 0 Å². The second kappa shape index (κ2) is 7.27. The van der Waals surface area contributed by atoms with Crippen molar-refractivity contribution in [2.24, 2.45) is 0 Å². The number of amides is 2. The molecule has 0 aromatic rings. The molecule has 1 aliphatic heterocycles. The van der Waals surface area contributed by atoms with Gasteiger partial charge in [-0.25, -0.2) is 0 Å². The fraction of sp³-hybridized carbons (Fsp3) is 0.833. The van der Waals surface area contributed by atoms with E-state index in [1.54, 1.807) is 11.9 Å². The van der Waals surface area contributed by atoms with E-state index in [0.29, 0.717) is 25.8 Å². The van der Waals surface area contributed by atoms with Crippen molar-refractivity contribution in [2.45, 2.75) is 44.6 Å². The third-order valence-electron chi connectivity index (χ3n) is 3.17. The highest BCUT2D eigenvalue weighted by atomic mass is 16.3. The Labute approximate surface area is 102 Å². The van der Waals surface area contributed by atoms with Gasteiger partial charge in [-0.3, -0.25) is 9.59 Å². The number of rotatable bonds is 5. The van der Waals surface area contributed by atoms with Crippen LogP contribution in [0.3, 0.4) is 0 Å². The Morgan fingerprint density at radius 1 is 1.35 bits per heavy atom. The van der Waals surface area contributed by atoms with Crippen molar-refractivity contribution < 1.29 is 14.7 Å². The third kappa shape index (κ3) is 4.00. The van der Waals surface area contributed by atoms with Crippen LogP contribution in [0.1, 0.15) is 38.5 Å². The van der Waals surface area contributed by atoms with Crippen LogP contribution in [0.25, 0.3) is 0 Å². The molecule has 0 aromatic heterocycles. The van der Waals surface area contributed by atoms with E-state index in [4.69, 9.17) is 5.11 Å². The molecule has 2 amide bonds. The SMILES string of the molecule is CNC(=O)C1CCCCN1C(=O)CCCCO. The van der Waals surface area contributed by atoms with E-state index in [2.05, 4.69) is 5.32 Å². The summed E-state index contributed by atoms with van der Waals surface area (Å²) in [5, 5.41) is 11.3. The Kier molecular flexibility index (Phi) is 5.97. The van der Waals surface area contributed by atoms with Gasteiger partial charge in [0.05, 0.1) is 0 Å². The third-order valence-corrected chi connectivity index (χ3v) is 3.17. The zero-order valence-electron chi connectivity index (χ0n) is 10.4. The molecular formula is C12H22N2O3. The average Bonchev–Trinajstić information content (AvgIpc) is 2.38. The Balaban J connectivity index is 2.52. The molecule has 1 fully saturated rings. The second-order valence-electron chi connectivity index (χ2n) is 4.39. The molecule has 5 nitrogen and oxygen atoms in total. The highest BCUT2D eigenvalue weighted by Crippen LogP contribution is 2.18. The first kappa shape index (κ1) is 14.0. The Morgan fingerprint density at radius 3 is 2.76 bits per heavy atom. The van der Waals surface area contributed by atoms with E-state index in [1.807, 2.05) is 0 Å². The average molecular weight is 242 g/mol. The summed E-state index contributed by atoms with van der Waals surface area (Å²) in [6.45, 7) is 0.794. The Hall–Kier alpha value is -1.10. The lowest BCUT2D eigenvalue weighted by molar-refractivity contribution is -0.142. The van der Waals surface area contributed by atoms with Crippen molar-refractivity contribution in [3.8, 4) is 0 Å². The number of unbranched alkanes of at least 4 members (excludes halogenated alkanes) is 1. The molecule has 2 N–H and O–H groups in total. The number of hydrogen-bond donors (Lipinski definition) is 2. The molecule has 0 saturated carbocycles. The first-order valence-electron chi connectivity index (χ1n) is 6.32. The standard InChI is InChI=1S/C12H22N2O3/c1-13-12(17)10-6-2-4-8-14(10)11(16)7-3-5-9-15/h10,15H,2-9H2,1H3,(H,13,17). The highest BCUT2D eigenvalue weighted by molar-refractivity contribution is 5.87. The number of likely N-dealkylation sites (N-methyl/N-ethyl adjacent to an activating group) is 1. The molecule has 1 heterocycles. The fourth-order valence-electron chi connectivity index (χ4n) is 2.20. The van der Waals surface area contributed by atoms with Crippen molar-refractivity contribution in [1.82, 2.24) is 10.2 Å². The number of piperidine rings is 1. The Bertz CT molecular complexity index is 268. The van der Waals surface area contributed by atoms with Crippen LogP contribution in [-0.2, 0) is 9.59 Å². The zero-order valence-corrected chi connectivity index (χ0v) is 10.4. The van der Waals surface area contributed by atoms with Gasteiger partial charge in [-0.15, -0.1) is 0 Å². The maximum absolute atomic E-state index is 12.0. The lowest BCUT2D eigenvalue weighted by atomic mass is 10.0. The first-order chi connectivity index (χ1) is 8.20. The summed E-state index contributed by atoms with van der Waals surface area (Å²) in [4.78, 5) is 25.3. The molecule has 98 valence electrons. The summed E-state index contributed by atoms with van der Waals surface area (Å²) in [5.74, 6) is -0.0352. The summed E-state index contributed by atoms with van der Waals surface area (Å²) in [7, 11) is 1.60. The summed E-state index contributed by atoms with van der Waals surface area (Å²) >= 11 is 0. The molecule has 1 saturated heterocycles. The van der Waals surface area contributed by atoms with Gasteiger partial charge in [-0.1, -0.05) is 0 Å². The van der Waals surface area contributed by atoms with Gasteiger partial charge < -0.3 is 15.3 Å². The van der Waals surface area contributed by atoms with Gasteiger partial charge in [-0.05, 0) is 32.1 Å². The van der Waals surface area contributed by atoms with Crippen LogP contribution in [-0.4, -0.2) is 48.1 Å². The van der Waals surface area contributed by atoms with E-state index in [0.717, 1.165) is 19.3 Å². The molecule has 0 aliphatic carbocycles. The lowest BCUT2D eigenvalue weighted by Crippen LogP contribution is -2.51. The number of likely N-dealkylation sites (tertiary alicyclic amines) is 1. The predicted octanol–water partition coefficient (Wildman–Crippen LogP) is 0.276. The van der Waals surface area contributed by atoms with Crippen LogP contribution >= 0.6 is 0 Å². The predicted molar refractivity (Wildman–Crippen MR) is 64.4 cm³/mol. The summed E-state index contributed by atoms with van der Waals surface area (Å²) in [6, 6.07) is -0.296. The Morgan fingerprint density at radius 2 is 2.12 bits per heavy atom. The van der Waals surface area contributed by atoms with Crippen molar-refractivity contribution >= 4 is 11.8 Å². The van der Waals surface area contributed by atoms with E-state index < -0.39 is 0 Å². The second-order valence-corrected chi connectivity index (χ2v) is 4.39. The minimum atomic E-state index is -0.296. The maximum atomic E-state index is 12.0.